The van der Waals surface area contributed by atoms with Gasteiger partial charge in [-0.05, 0) is 52.9 Å². The summed E-state index contributed by atoms with van der Waals surface area (Å²) in [7, 11) is -4.37. The number of hydrogen-bond acceptors (Lipinski definition) is 9. The van der Waals surface area contributed by atoms with Gasteiger partial charge in [0.2, 0.25) is 15.0 Å². The topological polar surface area (TPSA) is 139 Å². The fourth-order valence-electron chi connectivity index (χ4n) is 3.79. The first-order chi connectivity index (χ1) is 14.9. The molecule has 2 N–H and O–H groups in total. The lowest BCUT2D eigenvalue weighted by atomic mass is 9.81. The van der Waals surface area contributed by atoms with E-state index in [-0.39, 0.29) is 16.8 Å². The number of carbonyl (C=O) groups is 1. The molecule has 2 unspecified atom stereocenters. The van der Waals surface area contributed by atoms with E-state index in [1.165, 1.54) is 17.3 Å². The molecule has 1 aromatic rings. The lowest BCUT2D eigenvalue weighted by molar-refractivity contribution is -0.144. The molecule has 0 aliphatic carbocycles. The lowest BCUT2D eigenvalue weighted by Gasteiger charge is -2.33. The van der Waals surface area contributed by atoms with Gasteiger partial charge in [-0.3, -0.25) is 4.79 Å². The largest absolute Gasteiger partial charge is 0.498 e. The van der Waals surface area contributed by atoms with Gasteiger partial charge >= 0.3 is 7.12 Å². The van der Waals surface area contributed by atoms with E-state index in [0.29, 0.717) is 31.4 Å². The second-order valence-corrected chi connectivity index (χ2v) is 11.5. The fourth-order valence-corrected chi connectivity index (χ4v) is 5.04. The maximum atomic E-state index is 12.7. The number of amides is 1. The second kappa shape index (κ2) is 9.34. The summed E-state index contributed by atoms with van der Waals surface area (Å²) in [6, 6.07) is 0. The SMILES string of the molecule is CC1(C)OB(c2cnc(S(=O)(=O)CCC3CCCN(C(=O)C(O)CO)C3)nc2)OC1(C)C. The van der Waals surface area contributed by atoms with Crippen LogP contribution >= 0.6 is 0 Å². The maximum Gasteiger partial charge on any atom is 0.498 e. The Hall–Kier alpha value is -1.60. The van der Waals surface area contributed by atoms with Gasteiger partial charge in [0.1, 0.15) is 0 Å². The number of piperidine rings is 1. The standard InChI is InChI=1S/C20H32BN3O7S/c1-19(2)20(3,4)31-21(30-19)15-10-22-18(23-11-15)32(28,29)9-7-14-6-5-8-24(12-14)17(27)16(26)13-25/h10-11,14,16,25-26H,5-9,12-13H2,1-4H3. The van der Waals surface area contributed by atoms with E-state index in [1.807, 2.05) is 27.7 Å². The van der Waals surface area contributed by atoms with E-state index >= 15 is 0 Å². The normalized spacial score (nSPS) is 23.9. The van der Waals surface area contributed by atoms with Crippen LogP contribution in [-0.2, 0) is 23.9 Å². The highest BCUT2D eigenvalue weighted by Gasteiger charge is 2.52. The van der Waals surface area contributed by atoms with Gasteiger partial charge in [0.25, 0.3) is 5.91 Å². The van der Waals surface area contributed by atoms with Crippen LogP contribution in [-0.4, -0.2) is 89.3 Å². The third-order valence-electron chi connectivity index (χ3n) is 6.54. The number of hydrogen-bond donors (Lipinski definition) is 2. The van der Waals surface area contributed by atoms with Crippen molar-refractivity contribution in [2.45, 2.75) is 69.4 Å². The van der Waals surface area contributed by atoms with Crippen molar-refractivity contribution in [1.82, 2.24) is 14.9 Å². The number of likely N-dealkylation sites (tertiary alicyclic amines) is 1. The Morgan fingerprint density at radius 3 is 2.41 bits per heavy atom. The molecule has 2 saturated heterocycles. The number of carbonyl (C=O) groups excluding carboxylic acids is 1. The van der Waals surface area contributed by atoms with Gasteiger partial charge in [-0.15, -0.1) is 0 Å². The Labute approximate surface area is 189 Å². The number of aliphatic hydroxyl groups excluding tert-OH is 2. The zero-order chi connectivity index (χ0) is 23.7. The van der Waals surface area contributed by atoms with E-state index in [2.05, 4.69) is 9.97 Å². The highest BCUT2D eigenvalue weighted by atomic mass is 32.2. The number of rotatable bonds is 7. The minimum atomic E-state index is -3.70. The minimum absolute atomic E-state index is 0.0163. The van der Waals surface area contributed by atoms with Crippen LogP contribution in [0.2, 0.25) is 0 Å². The van der Waals surface area contributed by atoms with Gasteiger partial charge in [0.15, 0.2) is 6.10 Å². The molecule has 2 aliphatic rings. The average molecular weight is 469 g/mol. The first-order valence-electron chi connectivity index (χ1n) is 10.8. The molecule has 1 amide bonds. The van der Waals surface area contributed by atoms with Crippen molar-refractivity contribution >= 4 is 28.3 Å². The predicted molar refractivity (Wildman–Crippen MR) is 117 cm³/mol. The van der Waals surface area contributed by atoms with E-state index in [0.717, 1.165) is 6.42 Å². The molecule has 178 valence electrons. The molecule has 10 nitrogen and oxygen atoms in total. The van der Waals surface area contributed by atoms with Crippen molar-refractivity contribution in [3.63, 3.8) is 0 Å². The number of sulfone groups is 1. The molecule has 1 aromatic heterocycles. The predicted octanol–water partition coefficient (Wildman–Crippen LogP) is -0.469. The summed E-state index contributed by atoms with van der Waals surface area (Å²) in [5.41, 5.74) is -0.498. The first-order valence-corrected chi connectivity index (χ1v) is 12.5. The molecule has 32 heavy (non-hydrogen) atoms. The smallest absolute Gasteiger partial charge is 0.399 e. The van der Waals surface area contributed by atoms with Gasteiger partial charge in [-0.2, -0.15) is 0 Å². The highest BCUT2D eigenvalue weighted by Crippen LogP contribution is 2.36. The van der Waals surface area contributed by atoms with Crippen molar-refractivity contribution in [2.24, 2.45) is 5.92 Å². The zero-order valence-electron chi connectivity index (χ0n) is 19.0. The van der Waals surface area contributed by atoms with Crippen molar-refractivity contribution < 1.29 is 32.7 Å². The van der Waals surface area contributed by atoms with Gasteiger partial charge in [-0.25, -0.2) is 18.4 Å². The summed E-state index contributed by atoms with van der Waals surface area (Å²) in [4.78, 5) is 21.7. The summed E-state index contributed by atoms with van der Waals surface area (Å²) in [5.74, 6) is -0.683. The Bertz CT molecular complexity index is 908. The molecular formula is C20H32BN3O7S. The number of aliphatic hydroxyl groups is 2. The minimum Gasteiger partial charge on any atom is -0.399 e. The third kappa shape index (κ3) is 5.31. The van der Waals surface area contributed by atoms with E-state index in [9.17, 15) is 18.3 Å². The maximum absolute atomic E-state index is 12.7. The molecule has 3 heterocycles. The van der Waals surface area contributed by atoms with Crippen LogP contribution in [0.4, 0.5) is 0 Å². The summed E-state index contributed by atoms with van der Waals surface area (Å²) in [6.07, 6.45) is 3.25. The molecule has 0 saturated carbocycles. The second-order valence-electron chi connectivity index (χ2n) is 9.49. The van der Waals surface area contributed by atoms with E-state index in [4.69, 9.17) is 14.4 Å². The molecule has 3 rings (SSSR count). The van der Waals surface area contributed by atoms with Crippen molar-refractivity contribution in [2.75, 3.05) is 25.4 Å². The number of nitrogens with zero attached hydrogens (tertiary/aromatic N) is 3. The third-order valence-corrected chi connectivity index (χ3v) is 8.08. The molecule has 2 aliphatic heterocycles. The molecule has 12 heteroatoms. The molecule has 0 spiro atoms. The Morgan fingerprint density at radius 2 is 1.84 bits per heavy atom. The zero-order valence-corrected chi connectivity index (χ0v) is 19.8. The van der Waals surface area contributed by atoms with Crippen LogP contribution < -0.4 is 5.46 Å². The first kappa shape index (κ1) is 25.0. The molecule has 0 radical (unpaired) electrons. The van der Waals surface area contributed by atoms with Gasteiger partial charge in [-0.1, -0.05) is 0 Å². The van der Waals surface area contributed by atoms with Crippen LogP contribution in [0.15, 0.2) is 17.6 Å². The molecular weight excluding hydrogens is 437 g/mol. The average Bonchev–Trinajstić information content (AvgIpc) is 2.98. The summed E-state index contributed by atoms with van der Waals surface area (Å²) < 4.78 is 37.4. The lowest BCUT2D eigenvalue weighted by Crippen LogP contribution is -2.46. The summed E-state index contributed by atoms with van der Waals surface area (Å²) in [5, 5.41) is 18.3. The Balaban J connectivity index is 1.60. The van der Waals surface area contributed by atoms with Gasteiger partial charge in [0, 0.05) is 30.9 Å². The Morgan fingerprint density at radius 1 is 1.25 bits per heavy atom. The quantitative estimate of drug-likeness (QED) is 0.401. The van der Waals surface area contributed by atoms with Crippen molar-refractivity contribution in [1.29, 1.82) is 0 Å². The van der Waals surface area contributed by atoms with Crippen LogP contribution in [0.3, 0.4) is 0 Å². The molecule has 2 atom stereocenters. The van der Waals surface area contributed by atoms with Crippen LogP contribution in [0, 0.1) is 5.92 Å². The summed E-state index contributed by atoms with van der Waals surface area (Å²) in [6.45, 7) is 7.92. The van der Waals surface area contributed by atoms with E-state index < -0.39 is 46.8 Å². The Kier molecular flexibility index (Phi) is 7.31. The fraction of sp³-hybridized carbons (Fsp3) is 0.750. The van der Waals surface area contributed by atoms with Crippen molar-refractivity contribution in [3.05, 3.63) is 12.4 Å². The van der Waals surface area contributed by atoms with Crippen LogP contribution in [0.25, 0.3) is 0 Å². The molecule has 0 aromatic carbocycles. The summed E-state index contributed by atoms with van der Waals surface area (Å²) >= 11 is 0. The van der Waals surface area contributed by atoms with Gasteiger partial charge in [0.05, 0.1) is 23.6 Å². The molecule has 0 bridgehead atoms. The van der Waals surface area contributed by atoms with Crippen LogP contribution in [0.1, 0.15) is 47.0 Å². The highest BCUT2D eigenvalue weighted by molar-refractivity contribution is 7.91. The monoisotopic (exact) mass is 469 g/mol. The van der Waals surface area contributed by atoms with Crippen molar-refractivity contribution in [3.8, 4) is 0 Å². The van der Waals surface area contributed by atoms with E-state index in [1.54, 1.807) is 0 Å². The molecule has 2 fully saturated rings. The van der Waals surface area contributed by atoms with Gasteiger partial charge < -0.3 is 24.4 Å². The van der Waals surface area contributed by atoms with Crippen LogP contribution in [0.5, 0.6) is 0 Å². The number of aromatic nitrogens is 2.